The van der Waals surface area contributed by atoms with Crippen molar-refractivity contribution in [2.24, 2.45) is 5.92 Å². The lowest BCUT2D eigenvalue weighted by atomic mass is 9.98. The first-order valence-electron chi connectivity index (χ1n) is 13.2. The number of nitrogens with zero attached hydrogens (tertiary/aromatic N) is 3. The second-order valence-electron chi connectivity index (χ2n) is 10.5. The summed E-state index contributed by atoms with van der Waals surface area (Å²) in [5, 5.41) is 14.6. The molecule has 0 bridgehead atoms. The molecule has 2 aliphatic rings. The van der Waals surface area contributed by atoms with Crippen molar-refractivity contribution in [2.45, 2.75) is 19.4 Å². The fourth-order valence-corrected chi connectivity index (χ4v) is 5.23. The van der Waals surface area contributed by atoms with E-state index in [0.29, 0.717) is 10.6 Å². The molecule has 2 fully saturated rings. The van der Waals surface area contributed by atoms with Gasteiger partial charge in [0.05, 0.1) is 21.8 Å². The molecule has 1 aromatic heterocycles. The van der Waals surface area contributed by atoms with Crippen molar-refractivity contribution in [3.8, 4) is 16.9 Å². The maximum absolute atomic E-state index is 13.3. The Labute approximate surface area is 227 Å². The van der Waals surface area contributed by atoms with Crippen molar-refractivity contribution in [1.82, 2.24) is 14.8 Å². The van der Waals surface area contributed by atoms with Gasteiger partial charge in [0.2, 0.25) is 0 Å². The van der Waals surface area contributed by atoms with Gasteiger partial charge in [0.1, 0.15) is 5.75 Å². The monoisotopic (exact) mass is 526 g/mol. The second kappa shape index (κ2) is 10.4. The van der Waals surface area contributed by atoms with Gasteiger partial charge in [-0.2, -0.15) is 0 Å². The van der Waals surface area contributed by atoms with E-state index in [0.717, 1.165) is 79.0 Å². The second-order valence-corrected chi connectivity index (χ2v) is 10.9. The maximum Gasteiger partial charge on any atom is 0.169 e. The standard InChI is InChI=1S/C31H31ClN4O2/c1-35-12-14-36(15-13-35)19-20-2-8-24(9-3-20)34-30-25-16-22(23-7-11-29(37)27(32)17-23)6-10-28(25)33-18-26(30)31(38)21-4-5-21/h2-3,6-11,16-18,21,37H,4-5,12-15,19H2,1H3,(H,33,34). The molecule has 2 heterocycles. The Morgan fingerprint density at radius 1 is 1.00 bits per heavy atom. The van der Waals surface area contributed by atoms with Gasteiger partial charge < -0.3 is 15.3 Å². The first-order chi connectivity index (χ1) is 18.4. The molecule has 38 heavy (non-hydrogen) atoms. The first-order valence-corrected chi connectivity index (χ1v) is 13.5. The van der Waals surface area contributed by atoms with Crippen LogP contribution in [-0.2, 0) is 6.54 Å². The van der Waals surface area contributed by atoms with Gasteiger partial charge in [-0.25, -0.2) is 0 Å². The number of phenols is 1. The van der Waals surface area contributed by atoms with Gasteiger partial charge in [-0.1, -0.05) is 35.9 Å². The Kier molecular flexibility index (Phi) is 6.78. The summed E-state index contributed by atoms with van der Waals surface area (Å²) < 4.78 is 0. The van der Waals surface area contributed by atoms with Gasteiger partial charge >= 0.3 is 0 Å². The van der Waals surface area contributed by atoms with Crippen LogP contribution in [0, 0.1) is 5.92 Å². The summed E-state index contributed by atoms with van der Waals surface area (Å²) in [4.78, 5) is 22.7. The molecule has 1 saturated heterocycles. The Hall–Kier alpha value is -3.45. The van der Waals surface area contributed by atoms with Gasteiger partial charge in [-0.05, 0) is 73.0 Å². The van der Waals surface area contributed by atoms with Crippen LogP contribution in [0.1, 0.15) is 28.8 Å². The van der Waals surface area contributed by atoms with E-state index in [1.165, 1.54) is 5.56 Å². The zero-order valence-corrected chi connectivity index (χ0v) is 22.2. The van der Waals surface area contributed by atoms with Gasteiger partial charge in [-0.3, -0.25) is 14.7 Å². The molecule has 0 radical (unpaired) electrons. The normalized spacial score (nSPS) is 16.6. The number of rotatable bonds is 7. The number of anilines is 2. The zero-order valence-electron chi connectivity index (χ0n) is 21.5. The number of phenolic OH excluding ortho intramolecular Hbond substituents is 1. The van der Waals surface area contributed by atoms with Crippen molar-refractivity contribution in [2.75, 3.05) is 38.5 Å². The third kappa shape index (κ3) is 5.25. The lowest BCUT2D eigenvalue weighted by Crippen LogP contribution is -2.43. The average Bonchev–Trinajstić information content (AvgIpc) is 3.78. The van der Waals surface area contributed by atoms with E-state index in [1.54, 1.807) is 18.3 Å². The van der Waals surface area contributed by atoms with E-state index in [4.69, 9.17) is 11.6 Å². The van der Waals surface area contributed by atoms with E-state index in [-0.39, 0.29) is 17.5 Å². The summed E-state index contributed by atoms with van der Waals surface area (Å²) in [5.41, 5.74) is 6.24. The number of carbonyl (C=O) groups is 1. The molecule has 0 spiro atoms. The van der Waals surface area contributed by atoms with Crippen LogP contribution in [0.4, 0.5) is 11.4 Å². The molecule has 0 unspecified atom stereocenters. The summed E-state index contributed by atoms with van der Waals surface area (Å²) in [6.45, 7) is 5.31. The molecule has 1 saturated carbocycles. The third-order valence-electron chi connectivity index (χ3n) is 7.59. The predicted molar refractivity (Wildman–Crippen MR) is 153 cm³/mol. The number of halogens is 1. The number of benzene rings is 3. The highest BCUT2D eigenvalue weighted by molar-refractivity contribution is 6.32. The number of hydrogen-bond acceptors (Lipinski definition) is 6. The number of nitrogens with one attached hydrogen (secondary N) is 1. The van der Waals surface area contributed by atoms with Crippen LogP contribution >= 0.6 is 11.6 Å². The number of fused-ring (bicyclic) bond motifs is 1. The van der Waals surface area contributed by atoms with Crippen molar-refractivity contribution in [3.63, 3.8) is 0 Å². The summed E-state index contributed by atoms with van der Waals surface area (Å²) >= 11 is 6.19. The number of likely N-dealkylation sites (N-methyl/N-ethyl adjacent to an activating group) is 1. The van der Waals surface area contributed by atoms with Gasteiger partial charge in [0.15, 0.2) is 5.78 Å². The van der Waals surface area contributed by atoms with E-state index < -0.39 is 0 Å². The summed E-state index contributed by atoms with van der Waals surface area (Å²) in [7, 11) is 2.17. The lowest BCUT2D eigenvalue weighted by molar-refractivity contribution is 0.0968. The largest absolute Gasteiger partial charge is 0.506 e. The Morgan fingerprint density at radius 3 is 2.42 bits per heavy atom. The van der Waals surface area contributed by atoms with Crippen molar-refractivity contribution in [3.05, 3.63) is 83.0 Å². The smallest absolute Gasteiger partial charge is 0.169 e. The number of aromatic hydroxyl groups is 1. The molecule has 0 amide bonds. The average molecular weight is 527 g/mol. The molecule has 1 aliphatic carbocycles. The van der Waals surface area contributed by atoms with Gasteiger partial charge in [-0.15, -0.1) is 0 Å². The summed E-state index contributed by atoms with van der Waals surface area (Å²) in [5.74, 6) is 0.278. The maximum atomic E-state index is 13.3. The molecule has 4 aromatic rings. The molecule has 6 rings (SSSR count). The number of hydrogen-bond donors (Lipinski definition) is 2. The lowest BCUT2D eigenvalue weighted by Gasteiger charge is -2.32. The number of carbonyl (C=O) groups excluding carboxylic acids is 1. The molecule has 1 aliphatic heterocycles. The number of aromatic nitrogens is 1. The molecule has 0 atom stereocenters. The summed E-state index contributed by atoms with van der Waals surface area (Å²) in [6, 6.07) is 19.7. The van der Waals surface area contributed by atoms with Crippen LogP contribution in [0.25, 0.3) is 22.0 Å². The molecular formula is C31H31ClN4O2. The predicted octanol–water partition coefficient (Wildman–Crippen LogP) is 6.34. The van der Waals surface area contributed by atoms with Crippen LogP contribution in [0.5, 0.6) is 5.75 Å². The molecule has 3 aromatic carbocycles. The molecule has 6 nitrogen and oxygen atoms in total. The zero-order chi connectivity index (χ0) is 26.2. The van der Waals surface area contributed by atoms with Crippen molar-refractivity contribution >= 4 is 39.7 Å². The quantitative estimate of drug-likeness (QED) is 0.274. The highest BCUT2D eigenvalue weighted by Gasteiger charge is 2.32. The fourth-order valence-electron chi connectivity index (χ4n) is 5.05. The number of pyridine rings is 1. The molecule has 7 heteroatoms. The minimum absolute atomic E-state index is 0.0496. The molecule has 194 valence electrons. The van der Waals surface area contributed by atoms with E-state index in [9.17, 15) is 9.90 Å². The number of Topliss-reactive ketones (excluding diaryl/α,β-unsaturated/α-hetero) is 1. The minimum Gasteiger partial charge on any atom is -0.506 e. The van der Waals surface area contributed by atoms with Crippen LogP contribution in [-0.4, -0.2) is 58.9 Å². The fraction of sp³-hybridized carbons (Fsp3) is 0.290. The SMILES string of the molecule is CN1CCN(Cc2ccc(Nc3c(C(=O)C4CC4)cnc4ccc(-c5ccc(O)c(Cl)c5)cc34)cc2)CC1. The van der Waals surface area contributed by atoms with Crippen molar-refractivity contribution in [1.29, 1.82) is 0 Å². The first kappa shape index (κ1) is 24.9. The van der Waals surface area contributed by atoms with Gasteiger partial charge in [0.25, 0.3) is 0 Å². The van der Waals surface area contributed by atoms with Gasteiger partial charge in [0, 0.05) is 55.9 Å². The minimum atomic E-state index is 0.0496. The Balaban J connectivity index is 1.34. The van der Waals surface area contributed by atoms with E-state index in [1.807, 2.05) is 24.3 Å². The topological polar surface area (TPSA) is 68.7 Å². The van der Waals surface area contributed by atoms with E-state index >= 15 is 0 Å². The van der Waals surface area contributed by atoms with Crippen molar-refractivity contribution < 1.29 is 9.90 Å². The Bertz CT molecular complexity index is 1490. The third-order valence-corrected chi connectivity index (χ3v) is 7.89. The van der Waals surface area contributed by atoms with E-state index in [2.05, 4.69) is 51.4 Å². The molecular weight excluding hydrogens is 496 g/mol. The van der Waals surface area contributed by atoms with Crippen LogP contribution in [0.3, 0.4) is 0 Å². The molecule has 2 N–H and O–H groups in total. The highest BCUT2D eigenvalue weighted by atomic mass is 35.5. The van der Waals surface area contributed by atoms with Crippen LogP contribution < -0.4 is 5.32 Å². The number of ketones is 1. The summed E-state index contributed by atoms with van der Waals surface area (Å²) in [6.07, 6.45) is 3.58. The van der Waals surface area contributed by atoms with Crippen LogP contribution in [0.2, 0.25) is 5.02 Å². The Morgan fingerprint density at radius 2 is 1.71 bits per heavy atom. The number of piperazine rings is 1. The van der Waals surface area contributed by atoms with Crippen LogP contribution in [0.15, 0.2) is 66.9 Å². The highest BCUT2D eigenvalue weighted by Crippen LogP contribution is 2.39.